The Labute approximate surface area is 90.0 Å². The fourth-order valence-electron chi connectivity index (χ4n) is 2.03. The Balaban J connectivity index is 2.71. The molecule has 1 aliphatic heterocycles. The predicted octanol–water partition coefficient (Wildman–Crippen LogP) is -0.316. The molecule has 0 saturated carbocycles. The highest BCUT2D eigenvalue weighted by molar-refractivity contribution is 7.90. The van der Waals surface area contributed by atoms with Crippen LogP contribution in [0.2, 0.25) is 0 Å². The molecule has 0 aromatic heterocycles. The van der Waals surface area contributed by atoms with E-state index in [0.717, 1.165) is 19.2 Å². The van der Waals surface area contributed by atoms with Crippen molar-refractivity contribution in [3.63, 3.8) is 0 Å². The van der Waals surface area contributed by atoms with Crippen molar-refractivity contribution in [3.8, 4) is 0 Å². The van der Waals surface area contributed by atoms with Crippen LogP contribution in [0.4, 0.5) is 0 Å². The van der Waals surface area contributed by atoms with E-state index in [1.807, 2.05) is 11.9 Å². The van der Waals surface area contributed by atoms with Crippen molar-refractivity contribution in [2.24, 2.45) is 11.8 Å². The number of likely N-dealkylation sites (tertiary alicyclic amines) is 1. The minimum absolute atomic E-state index is 0.0396. The van der Waals surface area contributed by atoms with E-state index >= 15 is 0 Å². The van der Waals surface area contributed by atoms with E-state index in [9.17, 15) is 13.2 Å². The first kappa shape index (κ1) is 12.4. The second-order valence-electron chi connectivity index (χ2n) is 4.35. The van der Waals surface area contributed by atoms with Crippen LogP contribution in [0.5, 0.6) is 0 Å². The molecule has 1 rings (SSSR count). The van der Waals surface area contributed by atoms with Crippen LogP contribution in [0, 0.1) is 11.8 Å². The van der Waals surface area contributed by atoms with Gasteiger partial charge in [-0.3, -0.25) is 4.79 Å². The lowest BCUT2D eigenvalue weighted by Crippen LogP contribution is -2.31. The molecule has 1 saturated heterocycles. The minimum atomic E-state index is -3.22. The van der Waals surface area contributed by atoms with Crippen LogP contribution in [-0.4, -0.2) is 56.5 Å². The normalized spacial score (nSPS) is 25.3. The van der Waals surface area contributed by atoms with Gasteiger partial charge in [0.25, 0.3) is 0 Å². The van der Waals surface area contributed by atoms with Crippen molar-refractivity contribution in [2.75, 3.05) is 32.1 Å². The maximum atomic E-state index is 11.1. The molecule has 1 N–H and O–H groups in total. The number of aliphatic carboxylic acids is 1. The summed E-state index contributed by atoms with van der Waals surface area (Å²) in [5, 5.41) is 9.00. The Kier molecular flexibility index (Phi) is 3.72. The van der Waals surface area contributed by atoms with Gasteiger partial charge < -0.3 is 10.0 Å². The number of rotatable bonds is 4. The van der Waals surface area contributed by atoms with Crippen LogP contribution in [0.3, 0.4) is 0 Å². The maximum absolute atomic E-state index is 11.1. The van der Waals surface area contributed by atoms with E-state index in [1.165, 1.54) is 0 Å². The molecule has 2 unspecified atom stereocenters. The third-order valence-electron chi connectivity index (χ3n) is 2.80. The van der Waals surface area contributed by atoms with Gasteiger partial charge in [0.15, 0.2) is 0 Å². The average molecular weight is 235 g/mol. The van der Waals surface area contributed by atoms with Gasteiger partial charge in [-0.05, 0) is 25.9 Å². The Morgan fingerprint density at radius 2 is 2.20 bits per heavy atom. The van der Waals surface area contributed by atoms with Gasteiger partial charge in [0.1, 0.15) is 9.84 Å². The van der Waals surface area contributed by atoms with Crippen LogP contribution in [0.15, 0.2) is 0 Å². The molecule has 0 aliphatic carbocycles. The molecule has 0 radical (unpaired) electrons. The van der Waals surface area contributed by atoms with Crippen molar-refractivity contribution in [1.82, 2.24) is 4.90 Å². The zero-order valence-electron chi connectivity index (χ0n) is 9.01. The molecule has 5 nitrogen and oxygen atoms in total. The molecule has 0 amide bonds. The SMILES string of the molecule is CN1CCC(C(CS(C)(=O)=O)C(=O)O)C1. The fourth-order valence-corrected chi connectivity index (χ4v) is 3.10. The highest BCUT2D eigenvalue weighted by Gasteiger charge is 2.34. The second kappa shape index (κ2) is 4.49. The zero-order chi connectivity index (χ0) is 11.6. The molecular weight excluding hydrogens is 218 g/mol. The number of carbonyl (C=O) groups is 1. The van der Waals surface area contributed by atoms with Gasteiger partial charge in [0.05, 0.1) is 11.7 Å². The van der Waals surface area contributed by atoms with Crippen molar-refractivity contribution in [2.45, 2.75) is 6.42 Å². The summed E-state index contributed by atoms with van der Waals surface area (Å²) in [6.45, 7) is 1.52. The van der Waals surface area contributed by atoms with Gasteiger partial charge in [-0.1, -0.05) is 0 Å². The van der Waals surface area contributed by atoms with E-state index in [2.05, 4.69) is 0 Å². The Morgan fingerprint density at radius 1 is 1.60 bits per heavy atom. The summed E-state index contributed by atoms with van der Waals surface area (Å²) in [5.41, 5.74) is 0. The third kappa shape index (κ3) is 3.79. The molecule has 6 heteroatoms. The Morgan fingerprint density at radius 3 is 2.53 bits per heavy atom. The first-order valence-electron chi connectivity index (χ1n) is 4.88. The first-order valence-corrected chi connectivity index (χ1v) is 6.94. The number of sulfone groups is 1. The smallest absolute Gasteiger partial charge is 0.307 e. The summed E-state index contributed by atoms with van der Waals surface area (Å²) in [7, 11) is -1.31. The van der Waals surface area contributed by atoms with Gasteiger partial charge >= 0.3 is 5.97 Å². The van der Waals surface area contributed by atoms with Gasteiger partial charge in [-0.2, -0.15) is 0 Å². The van der Waals surface area contributed by atoms with E-state index in [4.69, 9.17) is 5.11 Å². The minimum Gasteiger partial charge on any atom is -0.481 e. The van der Waals surface area contributed by atoms with Crippen molar-refractivity contribution in [3.05, 3.63) is 0 Å². The van der Waals surface area contributed by atoms with Gasteiger partial charge in [-0.25, -0.2) is 8.42 Å². The fraction of sp³-hybridized carbons (Fsp3) is 0.889. The summed E-state index contributed by atoms with van der Waals surface area (Å²) in [6, 6.07) is 0. The molecule has 2 atom stereocenters. The highest BCUT2D eigenvalue weighted by atomic mass is 32.2. The topological polar surface area (TPSA) is 74.7 Å². The molecule has 1 fully saturated rings. The lowest BCUT2D eigenvalue weighted by Gasteiger charge is -2.18. The first-order chi connectivity index (χ1) is 6.79. The third-order valence-corrected chi connectivity index (χ3v) is 3.76. The highest BCUT2D eigenvalue weighted by Crippen LogP contribution is 2.24. The van der Waals surface area contributed by atoms with Gasteiger partial charge in [0, 0.05) is 12.8 Å². The molecule has 0 spiro atoms. The van der Waals surface area contributed by atoms with Gasteiger partial charge in [0.2, 0.25) is 0 Å². The van der Waals surface area contributed by atoms with Crippen LogP contribution in [0.25, 0.3) is 0 Å². The summed E-state index contributed by atoms with van der Waals surface area (Å²) in [4.78, 5) is 13.0. The Bertz CT molecular complexity index is 338. The average Bonchev–Trinajstić information content (AvgIpc) is 2.45. The lowest BCUT2D eigenvalue weighted by molar-refractivity contribution is -0.142. The largest absolute Gasteiger partial charge is 0.481 e. The predicted molar refractivity (Wildman–Crippen MR) is 56.4 cm³/mol. The molecule has 0 aromatic rings. The maximum Gasteiger partial charge on any atom is 0.307 e. The molecule has 0 bridgehead atoms. The quantitative estimate of drug-likeness (QED) is 0.723. The summed E-state index contributed by atoms with van der Waals surface area (Å²) >= 11 is 0. The summed E-state index contributed by atoms with van der Waals surface area (Å²) < 4.78 is 22.2. The van der Waals surface area contributed by atoms with Crippen molar-refractivity contribution in [1.29, 1.82) is 0 Å². The summed E-state index contributed by atoms with van der Waals surface area (Å²) in [6.07, 6.45) is 1.85. The second-order valence-corrected chi connectivity index (χ2v) is 6.53. The van der Waals surface area contributed by atoms with Crippen LogP contribution in [0.1, 0.15) is 6.42 Å². The summed E-state index contributed by atoms with van der Waals surface area (Å²) in [5.74, 6) is -2.05. The molecule has 0 aromatic carbocycles. The van der Waals surface area contributed by atoms with E-state index < -0.39 is 21.7 Å². The number of hydrogen-bond donors (Lipinski definition) is 1. The van der Waals surface area contributed by atoms with E-state index in [-0.39, 0.29) is 11.7 Å². The molecule has 1 heterocycles. The monoisotopic (exact) mass is 235 g/mol. The standard InChI is InChI=1S/C9H17NO4S/c1-10-4-3-7(5-10)8(9(11)12)6-15(2,13)14/h7-8H,3-6H2,1-2H3,(H,11,12). The number of carboxylic acid groups (broad SMARTS) is 1. The Hall–Kier alpha value is -0.620. The van der Waals surface area contributed by atoms with Crippen LogP contribution in [-0.2, 0) is 14.6 Å². The number of nitrogens with zero attached hydrogens (tertiary/aromatic N) is 1. The molecular formula is C9H17NO4S. The van der Waals surface area contributed by atoms with Crippen LogP contribution < -0.4 is 0 Å². The molecule has 15 heavy (non-hydrogen) atoms. The number of hydrogen-bond acceptors (Lipinski definition) is 4. The lowest BCUT2D eigenvalue weighted by atomic mass is 9.93. The van der Waals surface area contributed by atoms with Gasteiger partial charge in [-0.15, -0.1) is 0 Å². The number of carboxylic acids is 1. The van der Waals surface area contributed by atoms with Crippen molar-refractivity contribution < 1.29 is 18.3 Å². The van der Waals surface area contributed by atoms with Crippen molar-refractivity contribution >= 4 is 15.8 Å². The zero-order valence-corrected chi connectivity index (χ0v) is 9.83. The molecule has 1 aliphatic rings. The van der Waals surface area contributed by atoms with Crippen LogP contribution >= 0.6 is 0 Å². The molecule has 88 valence electrons. The van der Waals surface area contributed by atoms with E-state index in [0.29, 0.717) is 6.54 Å². The van der Waals surface area contributed by atoms with E-state index in [1.54, 1.807) is 0 Å².